The highest BCUT2D eigenvalue weighted by Crippen LogP contribution is 2.36. The Hall–Kier alpha value is -0.370. The molecule has 1 aliphatic heterocycles. The maximum atomic E-state index is 12.9. The molecule has 2 N–H and O–H groups in total. The van der Waals surface area contributed by atoms with Gasteiger partial charge < -0.3 is 5.73 Å². The van der Waals surface area contributed by atoms with E-state index in [4.69, 9.17) is 5.73 Å². The molecule has 1 aromatic heterocycles. The van der Waals surface area contributed by atoms with E-state index in [1.807, 2.05) is 4.90 Å². The lowest BCUT2D eigenvalue weighted by molar-refractivity contribution is -0.141. The molecule has 20 heavy (non-hydrogen) atoms. The molecule has 1 atom stereocenters. The van der Waals surface area contributed by atoms with Gasteiger partial charge in [-0.25, -0.2) is 4.98 Å². The molecule has 2 heterocycles. The molecule has 1 aliphatic rings. The molecule has 1 saturated heterocycles. The number of hydrogen-bond donors (Lipinski definition) is 1. The Labute approximate surface area is 126 Å². The first-order valence-corrected chi connectivity index (χ1v) is 7.01. The van der Waals surface area contributed by atoms with E-state index in [2.05, 4.69) is 11.9 Å². The van der Waals surface area contributed by atoms with E-state index in [1.54, 1.807) is 6.92 Å². The maximum Gasteiger partial charge on any atom is 0.434 e. The van der Waals surface area contributed by atoms with E-state index in [9.17, 15) is 13.2 Å². The molecule has 0 amide bonds. The lowest BCUT2D eigenvalue weighted by Gasteiger charge is -2.22. The number of likely N-dealkylation sites (tertiary alicyclic amines) is 1. The fraction of sp³-hybridized carbons (Fsp3) is 0.750. The molecule has 0 bridgehead atoms. The van der Waals surface area contributed by atoms with Gasteiger partial charge in [-0.05, 0) is 31.8 Å². The minimum atomic E-state index is -4.36. The van der Waals surface area contributed by atoms with Crippen molar-refractivity contribution >= 4 is 23.7 Å². The summed E-state index contributed by atoms with van der Waals surface area (Å²) in [5.74, 6) is 0. The molecule has 116 valence electrons. The zero-order valence-electron chi connectivity index (χ0n) is 11.5. The SMILES string of the molecule is Cc1nc(C(F)(F)F)c(CN2CCC(C)(CN)C2)s1.Cl. The Bertz CT molecular complexity index is 463. The Morgan fingerprint density at radius 3 is 2.60 bits per heavy atom. The first-order valence-electron chi connectivity index (χ1n) is 6.19. The van der Waals surface area contributed by atoms with Gasteiger partial charge in [0.15, 0.2) is 5.69 Å². The zero-order valence-corrected chi connectivity index (χ0v) is 13.1. The van der Waals surface area contributed by atoms with Gasteiger partial charge in [0.1, 0.15) is 0 Å². The van der Waals surface area contributed by atoms with Gasteiger partial charge in [-0.3, -0.25) is 4.90 Å². The normalized spacial score (nSPS) is 23.9. The predicted octanol–water partition coefficient (Wildman–Crippen LogP) is 3.06. The highest BCUT2D eigenvalue weighted by molar-refractivity contribution is 7.11. The maximum absolute atomic E-state index is 12.9. The second kappa shape index (κ2) is 6.17. The van der Waals surface area contributed by atoms with Gasteiger partial charge >= 0.3 is 6.18 Å². The van der Waals surface area contributed by atoms with Gasteiger partial charge in [0.2, 0.25) is 0 Å². The van der Waals surface area contributed by atoms with Crippen LogP contribution in [0.4, 0.5) is 13.2 Å². The molecule has 0 aromatic carbocycles. The molecule has 0 saturated carbocycles. The summed E-state index contributed by atoms with van der Waals surface area (Å²) in [6, 6.07) is 0. The summed E-state index contributed by atoms with van der Waals surface area (Å²) in [4.78, 5) is 5.97. The van der Waals surface area contributed by atoms with Crippen molar-refractivity contribution < 1.29 is 13.2 Å². The quantitative estimate of drug-likeness (QED) is 0.926. The third kappa shape index (κ3) is 3.84. The molecule has 2 rings (SSSR count). The molecule has 3 nitrogen and oxygen atoms in total. The van der Waals surface area contributed by atoms with Crippen LogP contribution in [0.3, 0.4) is 0 Å². The van der Waals surface area contributed by atoms with Crippen molar-refractivity contribution in [3.63, 3.8) is 0 Å². The fourth-order valence-electron chi connectivity index (χ4n) is 2.43. The van der Waals surface area contributed by atoms with Crippen LogP contribution in [0, 0.1) is 12.3 Å². The van der Waals surface area contributed by atoms with Crippen molar-refractivity contribution in [2.45, 2.75) is 33.0 Å². The van der Waals surface area contributed by atoms with E-state index < -0.39 is 11.9 Å². The Morgan fingerprint density at radius 1 is 1.45 bits per heavy atom. The number of nitrogens with two attached hydrogens (primary N) is 1. The fourth-order valence-corrected chi connectivity index (χ4v) is 3.43. The number of aryl methyl sites for hydroxylation is 1. The molecule has 1 aromatic rings. The average Bonchev–Trinajstić information content (AvgIpc) is 2.83. The number of nitrogens with zero attached hydrogens (tertiary/aromatic N) is 2. The van der Waals surface area contributed by atoms with Gasteiger partial charge in [-0.15, -0.1) is 23.7 Å². The van der Waals surface area contributed by atoms with Crippen molar-refractivity contribution in [2.24, 2.45) is 11.1 Å². The van der Waals surface area contributed by atoms with E-state index in [-0.39, 0.29) is 17.8 Å². The topological polar surface area (TPSA) is 42.2 Å². The molecule has 8 heteroatoms. The smallest absolute Gasteiger partial charge is 0.330 e. The van der Waals surface area contributed by atoms with Crippen LogP contribution in [-0.2, 0) is 12.7 Å². The first kappa shape index (κ1) is 17.7. The summed E-state index contributed by atoms with van der Waals surface area (Å²) in [6.07, 6.45) is -3.43. The second-order valence-electron chi connectivity index (χ2n) is 5.48. The van der Waals surface area contributed by atoms with Gasteiger partial charge in [0.05, 0.1) is 9.88 Å². The highest BCUT2D eigenvalue weighted by atomic mass is 35.5. The second-order valence-corrected chi connectivity index (χ2v) is 6.77. The number of rotatable bonds is 3. The molecule has 0 radical (unpaired) electrons. The standard InChI is InChI=1S/C12H18F3N3S.ClH/c1-8-17-10(12(13,14)15)9(19-8)5-18-4-3-11(2,6-16)7-18;/h3-7,16H2,1-2H3;1H. The highest BCUT2D eigenvalue weighted by Gasteiger charge is 2.39. The van der Waals surface area contributed by atoms with Crippen molar-refractivity contribution in [1.29, 1.82) is 0 Å². The van der Waals surface area contributed by atoms with Crippen LogP contribution in [-0.4, -0.2) is 29.5 Å². The summed E-state index contributed by atoms with van der Waals surface area (Å²) in [6.45, 7) is 6.11. The molecule has 0 aliphatic carbocycles. The van der Waals surface area contributed by atoms with E-state index in [0.29, 0.717) is 23.0 Å². The van der Waals surface area contributed by atoms with Crippen LogP contribution in [0.25, 0.3) is 0 Å². The summed E-state index contributed by atoms with van der Waals surface area (Å²) >= 11 is 1.13. The Balaban J connectivity index is 0.00000200. The third-order valence-electron chi connectivity index (χ3n) is 3.57. The molecular formula is C12H19ClF3N3S. The lowest BCUT2D eigenvalue weighted by Crippen LogP contribution is -2.31. The number of halogens is 4. The van der Waals surface area contributed by atoms with Gasteiger partial charge in [-0.1, -0.05) is 6.92 Å². The largest absolute Gasteiger partial charge is 0.434 e. The van der Waals surface area contributed by atoms with Crippen LogP contribution in [0.5, 0.6) is 0 Å². The molecular weight excluding hydrogens is 311 g/mol. The van der Waals surface area contributed by atoms with Crippen molar-refractivity contribution in [3.05, 3.63) is 15.6 Å². The van der Waals surface area contributed by atoms with Crippen molar-refractivity contribution in [1.82, 2.24) is 9.88 Å². The van der Waals surface area contributed by atoms with Gasteiger partial charge in [-0.2, -0.15) is 13.2 Å². The van der Waals surface area contributed by atoms with Crippen LogP contribution in [0.2, 0.25) is 0 Å². The molecule has 1 fully saturated rings. The van der Waals surface area contributed by atoms with Gasteiger partial charge in [0, 0.05) is 13.1 Å². The molecule has 0 spiro atoms. The van der Waals surface area contributed by atoms with Crippen LogP contribution in [0.1, 0.15) is 28.9 Å². The first-order chi connectivity index (χ1) is 8.73. The lowest BCUT2D eigenvalue weighted by atomic mass is 9.90. The zero-order chi connectivity index (χ0) is 14.3. The van der Waals surface area contributed by atoms with E-state index in [0.717, 1.165) is 30.8 Å². The number of aromatic nitrogens is 1. The molecule has 1 unspecified atom stereocenters. The van der Waals surface area contributed by atoms with Gasteiger partial charge in [0.25, 0.3) is 0 Å². The number of thiazole rings is 1. The van der Waals surface area contributed by atoms with E-state index in [1.165, 1.54) is 0 Å². The van der Waals surface area contributed by atoms with Crippen molar-refractivity contribution in [2.75, 3.05) is 19.6 Å². The minimum Gasteiger partial charge on any atom is -0.330 e. The van der Waals surface area contributed by atoms with Crippen molar-refractivity contribution in [3.8, 4) is 0 Å². The Morgan fingerprint density at radius 2 is 2.10 bits per heavy atom. The van der Waals surface area contributed by atoms with Crippen LogP contribution >= 0.6 is 23.7 Å². The third-order valence-corrected chi connectivity index (χ3v) is 4.53. The monoisotopic (exact) mass is 329 g/mol. The number of hydrogen-bond acceptors (Lipinski definition) is 4. The summed E-state index contributed by atoms with van der Waals surface area (Å²) in [7, 11) is 0. The van der Waals surface area contributed by atoms with E-state index >= 15 is 0 Å². The average molecular weight is 330 g/mol. The summed E-state index contributed by atoms with van der Waals surface area (Å²) in [5.41, 5.74) is 5.01. The van der Waals surface area contributed by atoms with Crippen LogP contribution in [0.15, 0.2) is 0 Å². The van der Waals surface area contributed by atoms with Crippen LogP contribution < -0.4 is 5.73 Å². The number of alkyl halides is 3. The minimum absolute atomic E-state index is 0. The Kier molecular flexibility index (Phi) is 5.46. The summed E-state index contributed by atoms with van der Waals surface area (Å²) in [5, 5.41) is 0.461. The predicted molar refractivity (Wildman–Crippen MR) is 76.2 cm³/mol. The summed E-state index contributed by atoms with van der Waals surface area (Å²) < 4.78 is 38.6.